The summed E-state index contributed by atoms with van der Waals surface area (Å²) in [6.07, 6.45) is 1.73. The van der Waals surface area contributed by atoms with Gasteiger partial charge in [-0.05, 0) is 11.5 Å². The van der Waals surface area contributed by atoms with E-state index < -0.39 is 0 Å². The van der Waals surface area contributed by atoms with Gasteiger partial charge in [-0.3, -0.25) is 4.79 Å². The van der Waals surface area contributed by atoms with Gasteiger partial charge in [0.15, 0.2) is 6.20 Å². The van der Waals surface area contributed by atoms with Crippen LogP contribution < -0.4 is 4.57 Å². The van der Waals surface area contributed by atoms with Gasteiger partial charge in [-0.15, -0.1) is 0 Å². The molecule has 3 nitrogen and oxygen atoms in total. The molecule has 0 bridgehead atoms. The fourth-order valence-corrected chi connectivity index (χ4v) is 2.24. The van der Waals surface area contributed by atoms with Crippen molar-refractivity contribution in [2.45, 2.75) is 6.54 Å². The minimum atomic E-state index is -0.0267. The van der Waals surface area contributed by atoms with E-state index in [4.69, 9.17) is 0 Å². The van der Waals surface area contributed by atoms with Crippen molar-refractivity contribution in [1.82, 2.24) is 0 Å². The highest BCUT2D eigenvalue weighted by Gasteiger charge is 2.18. The fraction of sp³-hybridized carbons (Fsp3) is 0.0588. The average molecular weight is 264 g/mol. The SMILES string of the molecule is O=C(C[n+]1ccc2ccccc2c1O)c1ccccc1. The Bertz CT molecular complexity index is 766. The molecule has 0 aliphatic rings. The average Bonchev–Trinajstić information content (AvgIpc) is 2.51. The molecule has 0 aliphatic carbocycles. The van der Waals surface area contributed by atoms with Crippen LogP contribution in [0.5, 0.6) is 5.88 Å². The van der Waals surface area contributed by atoms with Gasteiger partial charge < -0.3 is 5.11 Å². The van der Waals surface area contributed by atoms with Crippen LogP contribution in [-0.2, 0) is 6.54 Å². The molecule has 0 unspecified atom stereocenters. The van der Waals surface area contributed by atoms with Gasteiger partial charge in [-0.2, -0.15) is 4.57 Å². The number of hydrogen-bond acceptors (Lipinski definition) is 2. The third kappa shape index (κ3) is 2.26. The van der Waals surface area contributed by atoms with E-state index in [2.05, 4.69) is 0 Å². The number of carbonyl (C=O) groups excluding carboxylic acids is 1. The molecule has 3 rings (SSSR count). The summed E-state index contributed by atoms with van der Waals surface area (Å²) in [7, 11) is 0. The number of benzene rings is 2. The molecule has 20 heavy (non-hydrogen) atoms. The van der Waals surface area contributed by atoms with Crippen LogP contribution in [0.1, 0.15) is 10.4 Å². The predicted molar refractivity (Wildman–Crippen MR) is 76.6 cm³/mol. The van der Waals surface area contributed by atoms with Gasteiger partial charge in [-0.1, -0.05) is 48.5 Å². The molecular formula is C17H14NO2+. The highest BCUT2D eigenvalue weighted by molar-refractivity contribution is 5.95. The molecule has 0 aliphatic heterocycles. The minimum absolute atomic E-state index is 0.0267. The van der Waals surface area contributed by atoms with Crippen LogP contribution in [0.3, 0.4) is 0 Å². The first kappa shape index (κ1) is 12.4. The van der Waals surface area contributed by atoms with E-state index in [1.54, 1.807) is 22.9 Å². The lowest BCUT2D eigenvalue weighted by Gasteiger charge is -2.02. The van der Waals surface area contributed by atoms with Crippen LogP contribution in [0, 0.1) is 0 Å². The van der Waals surface area contributed by atoms with E-state index in [9.17, 15) is 9.90 Å². The molecule has 3 heteroatoms. The molecule has 2 aromatic carbocycles. The maximum Gasteiger partial charge on any atom is 0.373 e. The number of hydrogen-bond donors (Lipinski definition) is 1. The van der Waals surface area contributed by atoms with Crippen molar-refractivity contribution < 1.29 is 14.5 Å². The van der Waals surface area contributed by atoms with Crippen molar-refractivity contribution in [1.29, 1.82) is 0 Å². The molecule has 98 valence electrons. The molecular weight excluding hydrogens is 250 g/mol. The number of aromatic nitrogens is 1. The van der Waals surface area contributed by atoms with Crippen LogP contribution in [0.25, 0.3) is 10.8 Å². The first-order chi connectivity index (χ1) is 9.75. The van der Waals surface area contributed by atoms with E-state index in [1.807, 2.05) is 48.5 Å². The lowest BCUT2D eigenvalue weighted by atomic mass is 10.1. The van der Waals surface area contributed by atoms with Crippen LogP contribution in [0.2, 0.25) is 0 Å². The van der Waals surface area contributed by atoms with Crippen LogP contribution in [-0.4, -0.2) is 10.9 Å². The van der Waals surface area contributed by atoms with Crippen LogP contribution in [0.15, 0.2) is 66.9 Å². The van der Waals surface area contributed by atoms with Gasteiger partial charge in [-0.25, -0.2) is 0 Å². The standard InChI is InChI=1S/C17H13NO2/c19-16(14-7-2-1-3-8-14)12-18-11-10-13-6-4-5-9-15(13)17(18)20/h1-11H,12H2/p+1. The molecule has 0 atom stereocenters. The second-order valence-electron chi connectivity index (χ2n) is 4.64. The number of Topliss-reactive ketones (excluding diaryl/α,β-unsaturated/α-hetero) is 1. The number of pyridine rings is 1. The molecule has 3 aromatic rings. The smallest absolute Gasteiger partial charge is 0.373 e. The van der Waals surface area contributed by atoms with Crippen molar-refractivity contribution in [3.63, 3.8) is 0 Å². The number of aromatic hydroxyl groups is 1. The van der Waals surface area contributed by atoms with Gasteiger partial charge in [0, 0.05) is 11.6 Å². The third-order valence-electron chi connectivity index (χ3n) is 3.32. The normalized spacial score (nSPS) is 10.6. The summed E-state index contributed by atoms with van der Waals surface area (Å²) in [5.41, 5.74) is 0.646. The zero-order chi connectivity index (χ0) is 13.9. The van der Waals surface area contributed by atoms with Gasteiger partial charge in [0.2, 0.25) is 12.3 Å². The number of fused-ring (bicyclic) bond motifs is 1. The summed E-state index contributed by atoms with van der Waals surface area (Å²) < 4.78 is 1.57. The zero-order valence-corrected chi connectivity index (χ0v) is 10.9. The summed E-state index contributed by atoms with van der Waals surface area (Å²) in [4.78, 5) is 12.2. The number of ketones is 1. The van der Waals surface area contributed by atoms with Crippen molar-refractivity contribution in [3.05, 3.63) is 72.4 Å². The first-order valence-electron chi connectivity index (χ1n) is 6.44. The zero-order valence-electron chi connectivity index (χ0n) is 10.9. The molecule has 0 saturated heterocycles. The predicted octanol–water partition coefficient (Wildman–Crippen LogP) is 2.72. The largest absolute Gasteiger partial charge is 0.459 e. The van der Waals surface area contributed by atoms with Gasteiger partial charge >= 0.3 is 5.88 Å². The Hall–Kier alpha value is -2.68. The molecule has 1 N–H and O–H groups in total. The van der Waals surface area contributed by atoms with Gasteiger partial charge in [0.05, 0.1) is 5.39 Å². The van der Waals surface area contributed by atoms with Crippen LogP contribution in [0.4, 0.5) is 0 Å². The Morgan fingerprint density at radius 1 is 0.950 bits per heavy atom. The summed E-state index contributed by atoms with van der Waals surface area (Å²) in [6.45, 7) is 0.126. The summed E-state index contributed by atoms with van der Waals surface area (Å²) in [5.74, 6) is 0.0913. The summed E-state index contributed by atoms with van der Waals surface area (Å²) in [6, 6.07) is 18.5. The van der Waals surface area contributed by atoms with E-state index in [0.29, 0.717) is 5.56 Å². The lowest BCUT2D eigenvalue weighted by Crippen LogP contribution is -2.37. The Balaban J connectivity index is 1.95. The van der Waals surface area contributed by atoms with Crippen molar-refractivity contribution in [2.75, 3.05) is 0 Å². The van der Waals surface area contributed by atoms with Crippen molar-refractivity contribution >= 4 is 16.6 Å². The maximum absolute atomic E-state index is 12.2. The Morgan fingerprint density at radius 3 is 2.45 bits per heavy atom. The molecule has 0 amide bonds. The number of carbonyl (C=O) groups is 1. The maximum atomic E-state index is 12.2. The van der Waals surface area contributed by atoms with Gasteiger partial charge in [0.1, 0.15) is 0 Å². The number of rotatable bonds is 3. The highest BCUT2D eigenvalue weighted by atomic mass is 16.3. The second kappa shape index (κ2) is 5.13. The molecule has 1 heterocycles. The molecule has 0 spiro atoms. The quantitative estimate of drug-likeness (QED) is 0.583. The monoisotopic (exact) mass is 264 g/mol. The Labute approximate surface area is 116 Å². The second-order valence-corrected chi connectivity index (χ2v) is 4.64. The molecule has 0 fully saturated rings. The van der Waals surface area contributed by atoms with E-state index >= 15 is 0 Å². The molecule has 1 aromatic heterocycles. The van der Waals surface area contributed by atoms with Crippen molar-refractivity contribution in [2.24, 2.45) is 0 Å². The van der Waals surface area contributed by atoms with Crippen molar-refractivity contribution in [3.8, 4) is 5.88 Å². The summed E-state index contributed by atoms with van der Waals surface area (Å²) in [5, 5.41) is 12.0. The van der Waals surface area contributed by atoms with Gasteiger partial charge in [0.25, 0.3) is 0 Å². The van der Waals surface area contributed by atoms with E-state index in [0.717, 1.165) is 10.8 Å². The lowest BCUT2D eigenvalue weighted by molar-refractivity contribution is -0.687. The minimum Gasteiger partial charge on any atom is -0.459 e. The van der Waals surface area contributed by atoms with E-state index in [1.165, 1.54) is 0 Å². The fourth-order valence-electron chi connectivity index (χ4n) is 2.24. The molecule has 0 saturated carbocycles. The Kier molecular flexibility index (Phi) is 3.17. The third-order valence-corrected chi connectivity index (χ3v) is 3.32. The first-order valence-corrected chi connectivity index (χ1v) is 6.44. The van der Waals surface area contributed by atoms with E-state index in [-0.39, 0.29) is 18.2 Å². The molecule has 0 radical (unpaired) electrons. The Morgan fingerprint density at radius 2 is 1.65 bits per heavy atom. The topological polar surface area (TPSA) is 41.2 Å². The number of nitrogens with zero attached hydrogens (tertiary/aromatic N) is 1. The summed E-state index contributed by atoms with van der Waals surface area (Å²) >= 11 is 0. The van der Waals surface area contributed by atoms with Crippen LogP contribution >= 0.6 is 0 Å². The highest BCUT2D eigenvalue weighted by Crippen LogP contribution is 2.19.